The van der Waals surface area contributed by atoms with E-state index >= 15 is 0 Å². The number of aliphatic carboxylic acids is 2. The average molecular weight is 236 g/mol. The zero-order chi connectivity index (χ0) is 13.0. The molecule has 6 nitrogen and oxygen atoms in total. The Hall–Kier alpha value is -1.14. The highest BCUT2D eigenvalue weighted by Crippen LogP contribution is 2.03. The molecule has 6 heteroatoms. The normalized spacial score (nSPS) is 9.50. The van der Waals surface area contributed by atoms with Crippen LogP contribution in [0.15, 0.2) is 0 Å². The number of hydrogen-bond acceptors (Lipinski definition) is 4. The van der Waals surface area contributed by atoms with E-state index in [1.165, 1.54) is 0 Å². The summed E-state index contributed by atoms with van der Waals surface area (Å²) in [5.74, 6) is -1.69. The Morgan fingerprint density at radius 2 is 1.25 bits per heavy atom. The van der Waals surface area contributed by atoms with Crippen molar-refractivity contribution in [3.63, 3.8) is 0 Å². The first-order valence-electron chi connectivity index (χ1n) is 5.09. The van der Waals surface area contributed by atoms with Gasteiger partial charge in [0.25, 0.3) is 0 Å². The Morgan fingerprint density at radius 3 is 1.44 bits per heavy atom. The fourth-order valence-electron chi connectivity index (χ4n) is 0.799. The van der Waals surface area contributed by atoms with Gasteiger partial charge >= 0.3 is 11.9 Å². The molecule has 0 aromatic rings. The largest absolute Gasteiger partial charge is 0.481 e. The van der Waals surface area contributed by atoms with Gasteiger partial charge in [-0.05, 0) is 18.8 Å². The Morgan fingerprint density at radius 1 is 0.938 bits per heavy atom. The maximum atomic E-state index is 9.64. The third-order valence-corrected chi connectivity index (χ3v) is 1.80. The van der Waals surface area contributed by atoms with E-state index in [0.29, 0.717) is 5.92 Å². The van der Waals surface area contributed by atoms with Crippen molar-refractivity contribution in [3.8, 4) is 0 Å². The number of aliphatic hydroxyl groups is 2. The summed E-state index contributed by atoms with van der Waals surface area (Å²) in [5, 5.41) is 32.6. The van der Waals surface area contributed by atoms with E-state index in [-0.39, 0.29) is 26.1 Å². The van der Waals surface area contributed by atoms with E-state index in [0.717, 1.165) is 12.8 Å². The molecule has 0 heterocycles. The zero-order valence-corrected chi connectivity index (χ0v) is 9.43. The molecule has 0 spiro atoms. The van der Waals surface area contributed by atoms with Crippen LogP contribution in [-0.4, -0.2) is 45.6 Å². The van der Waals surface area contributed by atoms with E-state index in [9.17, 15) is 9.59 Å². The lowest BCUT2D eigenvalue weighted by Gasteiger charge is -2.04. The van der Waals surface area contributed by atoms with Crippen LogP contribution in [0.5, 0.6) is 0 Å². The molecule has 0 aromatic heterocycles. The Bertz CT molecular complexity index is 172. The summed E-state index contributed by atoms with van der Waals surface area (Å²) in [6, 6.07) is 0. The SMILES string of the molecule is CC(CCO)CCO.O=C(O)CCC(=O)O. The van der Waals surface area contributed by atoms with Gasteiger partial charge in [-0.1, -0.05) is 6.92 Å². The van der Waals surface area contributed by atoms with Gasteiger partial charge in [0.2, 0.25) is 0 Å². The number of hydrogen-bond donors (Lipinski definition) is 4. The van der Waals surface area contributed by atoms with Gasteiger partial charge < -0.3 is 20.4 Å². The fraction of sp³-hybridized carbons (Fsp3) is 0.800. The molecular formula is C10H20O6. The van der Waals surface area contributed by atoms with Crippen molar-refractivity contribution in [1.82, 2.24) is 0 Å². The van der Waals surface area contributed by atoms with Gasteiger partial charge in [-0.2, -0.15) is 0 Å². The number of rotatable bonds is 7. The van der Waals surface area contributed by atoms with Crippen molar-refractivity contribution in [2.75, 3.05) is 13.2 Å². The van der Waals surface area contributed by atoms with Crippen LogP contribution in [0.4, 0.5) is 0 Å². The minimum Gasteiger partial charge on any atom is -0.481 e. The van der Waals surface area contributed by atoms with Gasteiger partial charge in [0.1, 0.15) is 0 Å². The molecule has 0 aliphatic heterocycles. The molecule has 0 amide bonds. The van der Waals surface area contributed by atoms with E-state index < -0.39 is 11.9 Å². The molecule has 0 unspecified atom stereocenters. The van der Waals surface area contributed by atoms with E-state index in [4.69, 9.17) is 20.4 Å². The molecule has 0 saturated carbocycles. The number of carboxylic acid groups (broad SMARTS) is 2. The zero-order valence-electron chi connectivity index (χ0n) is 9.43. The standard InChI is InChI=1S/C6H14O2.C4H6O4/c1-6(2-4-7)3-5-8;5-3(6)1-2-4(7)8/h6-8H,2-5H2,1H3;1-2H2,(H,5,6)(H,7,8). The van der Waals surface area contributed by atoms with Crippen molar-refractivity contribution in [2.45, 2.75) is 32.6 Å². The number of aliphatic hydroxyl groups excluding tert-OH is 2. The topological polar surface area (TPSA) is 115 Å². The van der Waals surface area contributed by atoms with Gasteiger partial charge in [-0.15, -0.1) is 0 Å². The predicted molar refractivity (Wildman–Crippen MR) is 57.1 cm³/mol. The summed E-state index contributed by atoms with van der Waals surface area (Å²) in [4.78, 5) is 19.3. The maximum absolute atomic E-state index is 9.64. The maximum Gasteiger partial charge on any atom is 0.303 e. The third-order valence-electron chi connectivity index (χ3n) is 1.80. The third kappa shape index (κ3) is 18.6. The number of carboxylic acids is 2. The van der Waals surface area contributed by atoms with Gasteiger partial charge in [-0.25, -0.2) is 0 Å². The van der Waals surface area contributed by atoms with Gasteiger partial charge in [0.05, 0.1) is 12.8 Å². The Balaban J connectivity index is 0. The molecule has 4 N–H and O–H groups in total. The molecule has 0 bridgehead atoms. The van der Waals surface area contributed by atoms with Crippen molar-refractivity contribution < 1.29 is 30.0 Å². The quantitative estimate of drug-likeness (QED) is 0.506. The van der Waals surface area contributed by atoms with Crippen molar-refractivity contribution in [1.29, 1.82) is 0 Å². The highest BCUT2D eigenvalue weighted by atomic mass is 16.4. The van der Waals surface area contributed by atoms with Crippen LogP contribution in [0, 0.1) is 5.92 Å². The van der Waals surface area contributed by atoms with E-state index in [1.54, 1.807) is 0 Å². The van der Waals surface area contributed by atoms with E-state index in [1.807, 2.05) is 6.92 Å². The second-order valence-corrected chi connectivity index (χ2v) is 3.42. The van der Waals surface area contributed by atoms with Gasteiger partial charge in [0.15, 0.2) is 0 Å². The molecule has 0 radical (unpaired) electrons. The second-order valence-electron chi connectivity index (χ2n) is 3.42. The van der Waals surface area contributed by atoms with Crippen LogP contribution in [0.1, 0.15) is 32.6 Å². The van der Waals surface area contributed by atoms with Crippen molar-refractivity contribution in [2.24, 2.45) is 5.92 Å². The van der Waals surface area contributed by atoms with Crippen LogP contribution in [0.2, 0.25) is 0 Å². The van der Waals surface area contributed by atoms with Crippen LogP contribution in [-0.2, 0) is 9.59 Å². The first-order valence-corrected chi connectivity index (χ1v) is 5.09. The molecule has 0 aromatic carbocycles. The average Bonchev–Trinajstić information content (AvgIpc) is 2.16. The monoisotopic (exact) mass is 236 g/mol. The summed E-state index contributed by atoms with van der Waals surface area (Å²) in [5.41, 5.74) is 0. The lowest BCUT2D eigenvalue weighted by molar-refractivity contribution is -0.143. The van der Waals surface area contributed by atoms with Crippen LogP contribution < -0.4 is 0 Å². The molecule has 0 atom stereocenters. The Kier molecular flexibility index (Phi) is 12.9. The smallest absolute Gasteiger partial charge is 0.303 e. The lowest BCUT2D eigenvalue weighted by Crippen LogP contribution is -2.00. The first kappa shape index (κ1) is 17.3. The molecule has 96 valence electrons. The highest BCUT2D eigenvalue weighted by Gasteiger charge is 2.00. The first-order chi connectivity index (χ1) is 7.43. The van der Waals surface area contributed by atoms with Crippen LogP contribution in [0.3, 0.4) is 0 Å². The van der Waals surface area contributed by atoms with Crippen molar-refractivity contribution in [3.05, 3.63) is 0 Å². The summed E-state index contributed by atoms with van der Waals surface area (Å²) in [6.07, 6.45) is 1.02. The molecule has 16 heavy (non-hydrogen) atoms. The molecule has 0 aliphatic rings. The predicted octanol–water partition coefficient (Wildman–Crippen LogP) is 0.323. The summed E-state index contributed by atoms with van der Waals surface area (Å²) >= 11 is 0. The molecule has 0 saturated heterocycles. The van der Waals surface area contributed by atoms with Gasteiger partial charge in [0, 0.05) is 13.2 Å². The summed E-state index contributed by atoms with van der Waals surface area (Å²) < 4.78 is 0. The van der Waals surface area contributed by atoms with E-state index in [2.05, 4.69) is 0 Å². The molecule has 0 rings (SSSR count). The van der Waals surface area contributed by atoms with Crippen molar-refractivity contribution >= 4 is 11.9 Å². The number of carbonyl (C=O) groups is 2. The highest BCUT2D eigenvalue weighted by molar-refractivity contribution is 5.75. The Labute approximate surface area is 94.5 Å². The van der Waals surface area contributed by atoms with Crippen LogP contribution >= 0.6 is 0 Å². The summed E-state index contributed by atoms with van der Waals surface area (Å²) in [7, 11) is 0. The van der Waals surface area contributed by atoms with Crippen LogP contribution in [0.25, 0.3) is 0 Å². The molecular weight excluding hydrogens is 216 g/mol. The minimum absolute atomic E-state index is 0.237. The second kappa shape index (κ2) is 11.9. The minimum atomic E-state index is -1.08. The summed E-state index contributed by atoms with van der Waals surface area (Å²) in [6.45, 7) is 2.49. The molecule has 0 aliphatic carbocycles. The van der Waals surface area contributed by atoms with Gasteiger partial charge in [-0.3, -0.25) is 9.59 Å². The molecule has 0 fully saturated rings. The lowest BCUT2D eigenvalue weighted by atomic mass is 10.1. The fourth-order valence-corrected chi connectivity index (χ4v) is 0.799.